The third kappa shape index (κ3) is 2.84. The van der Waals surface area contributed by atoms with Crippen LogP contribution < -0.4 is 0 Å². The zero-order chi connectivity index (χ0) is 17.2. The van der Waals surface area contributed by atoms with Crippen molar-refractivity contribution in [3.63, 3.8) is 0 Å². The summed E-state index contributed by atoms with van der Waals surface area (Å²) in [4.78, 5) is 0. The van der Waals surface area contributed by atoms with Crippen LogP contribution in [0.2, 0.25) is 19.6 Å². The minimum atomic E-state index is -1.39. The molecule has 4 aliphatic carbocycles. The molecule has 0 heterocycles. The Morgan fingerprint density at radius 3 is 2.38 bits per heavy atom. The van der Waals surface area contributed by atoms with Crippen molar-refractivity contribution in [1.29, 1.82) is 0 Å². The second-order valence-electron chi connectivity index (χ2n) is 11.4. The quantitative estimate of drug-likeness (QED) is 0.508. The van der Waals surface area contributed by atoms with Gasteiger partial charge in [-0.15, -0.1) is 0 Å². The van der Waals surface area contributed by atoms with Crippen molar-refractivity contribution in [2.24, 2.45) is 34.5 Å². The predicted octanol–water partition coefficient (Wildman–Crippen LogP) is 6.64. The van der Waals surface area contributed by atoms with Crippen LogP contribution in [-0.2, 0) is 4.43 Å². The second kappa shape index (κ2) is 5.84. The van der Waals surface area contributed by atoms with Gasteiger partial charge in [-0.1, -0.05) is 20.3 Å². The first-order valence-corrected chi connectivity index (χ1v) is 14.3. The topological polar surface area (TPSA) is 9.23 Å². The van der Waals surface area contributed by atoms with Crippen LogP contribution in [0.5, 0.6) is 0 Å². The summed E-state index contributed by atoms with van der Waals surface area (Å²) in [5.74, 6) is 4.09. The van der Waals surface area contributed by atoms with E-state index in [9.17, 15) is 0 Å². The summed E-state index contributed by atoms with van der Waals surface area (Å²) in [6, 6.07) is 0. The third-order valence-corrected chi connectivity index (χ3v) is 9.96. The van der Waals surface area contributed by atoms with Gasteiger partial charge < -0.3 is 4.43 Å². The highest BCUT2D eigenvalue weighted by molar-refractivity contribution is 6.69. The Bertz CT molecular complexity index is 483. The van der Waals surface area contributed by atoms with Gasteiger partial charge in [-0.25, -0.2) is 0 Å². The van der Waals surface area contributed by atoms with Gasteiger partial charge in [0.1, 0.15) is 0 Å². The Morgan fingerprint density at radius 1 is 0.833 bits per heavy atom. The van der Waals surface area contributed by atoms with Gasteiger partial charge >= 0.3 is 0 Å². The molecule has 0 saturated heterocycles. The van der Waals surface area contributed by atoms with Crippen molar-refractivity contribution in [1.82, 2.24) is 0 Å². The van der Waals surface area contributed by atoms with E-state index in [1.165, 1.54) is 57.8 Å². The lowest BCUT2D eigenvalue weighted by molar-refractivity contribution is -0.118. The van der Waals surface area contributed by atoms with Crippen molar-refractivity contribution >= 4 is 8.32 Å². The number of hydrogen-bond acceptors (Lipinski definition) is 1. The molecule has 0 aromatic carbocycles. The normalized spacial score (nSPS) is 51.6. The van der Waals surface area contributed by atoms with E-state index < -0.39 is 8.32 Å². The van der Waals surface area contributed by atoms with Gasteiger partial charge in [-0.05, 0) is 112 Å². The zero-order valence-corrected chi connectivity index (χ0v) is 17.9. The lowest BCUT2D eigenvalue weighted by atomic mass is 9.45. The predicted molar refractivity (Wildman–Crippen MR) is 105 cm³/mol. The molecule has 0 radical (unpaired) electrons. The minimum absolute atomic E-state index is 0.576. The van der Waals surface area contributed by atoms with E-state index in [0.717, 1.165) is 23.7 Å². The van der Waals surface area contributed by atoms with E-state index in [-0.39, 0.29) is 0 Å². The largest absolute Gasteiger partial charge is 0.415 e. The van der Waals surface area contributed by atoms with Crippen LogP contribution in [0.1, 0.15) is 78.1 Å². The molecule has 7 atom stereocenters. The van der Waals surface area contributed by atoms with Gasteiger partial charge in [0.05, 0.1) is 0 Å². The molecular formula is C22H40OSi. The maximum absolute atomic E-state index is 6.53. The fourth-order valence-electron chi connectivity index (χ4n) is 7.82. The van der Waals surface area contributed by atoms with E-state index >= 15 is 0 Å². The number of fused-ring (bicyclic) bond motifs is 5. The molecule has 0 bridgehead atoms. The Labute approximate surface area is 151 Å². The second-order valence-corrected chi connectivity index (χ2v) is 15.8. The molecule has 4 rings (SSSR count). The number of rotatable bonds is 2. The van der Waals surface area contributed by atoms with Crippen molar-refractivity contribution < 1.29 is 4.43 Å². The summed E-state index contributed by atoms with van der Waals surface area (Å²) in [6.45, 7) is 12.4. The van der Waals surface area contributed by atoms with Crippen LogP contribution in [0.25, 0.3) is 0 Å². The first kappa shape index (κ1) is 17.6. The molecule has 24 heavy (non-hydrogen) atoms. The van der Waals surface area contributed by atoms with Gasteiger partial charge in [-0.3, -0.25) is 0 Å². The Kier molecular flexibility index (Phi) is 4.28. The first-order valence-electron chi connectivity index (χ1n) is 10.9. The minimum Gasteiger partial charge on any atom is -0.415 e. The Morgan fingerprint density at radius 2 is 1.62 bits per heavy atom. The van der Waals surface area contributed by atoms with E-state index in [4.69, 9.17) is 4.43 Å². The average Bonchev–Trinajstić information content (AvgIpc) is 2.88. The summed E-state index contributed by atoms with van der Waals surface area (Å²) >= 11 is 0. The third-order valence-electron chi connectivity index (χ3n) is 8.92. The van der Waals surface area contributed by atoms with Gasteiger partial charge in [0.2, 0.25) is 0 Å². The highest BCUT2D eigenvalue weighted by Crippen LogP contribution is 2.66. The molecule has 0 aromatic rings. The standard InChI is InChI=1S/C22H40OSi/c1-21-12-6-7-19(21)18-9-8-16-15-17(23-24(3,4)5)10-14-22(16,2)20(18)11-13-21/h16-20H,6-15H2,1-5H3/t16-,17-,18+,19+,20+,21+,22+/m1/s1. The smallest absolute Gasteiger partial charge is 0.184 e. The molecule has 0 unspecified atom stereocenters. The molecule has 0 aliphatic heterocycles. The molecule has 4 aliphatic rings. The maximum Gasteiger partial charge on any atom is 0.184 e. The van der Waals surface area contributed by atoms with E-state index in [2.05, 4.69) is 33.5 Å². The average molecular weight is 349 g/mol. The van der Waals surface area contributed by atoms with E-state index in [0.29, 0.717) is 16.9 Å². The van der Waals surface area contributed by atoms with Crippen molar-refractivity contribution in [3.8, 4) is 0 Å². The van der Waals surface area contributed by atoms with Gasteiger partial charge in [0.25, 0.3) is 0 Å². The van der Waals surface area contributed by atoms with Gasteiger partial charge in [0.15, 0.2) is 8.32 Å². The lowest BCUT2D eigenvalue weighted by Crippen LogP contribution is -2.53. The monoisotopic (exact) mass is 348 g/mol. The summed E-state index contributed by atoms with van der Waals surface area (Å²) in [6.07, 6.45) is 15.4. The van der Waals surface area contributed by atoms with Gasteiger partial charge in [-0.2, -0.15) is 0 Å². The molecular weight excluding hydrogens is 308 g/mol. The summed E-state index contributed by atoms with van der Waals surface area (Å²) < 4.78 is 6.53. The molecule has 0 amide bonds. The molecule has 0 N–H and O–H groups in total. The summed E-state index contributed by atoms with van der Waals surface area (Å²) in [5, 5.41) is 0. The van der Waals surface area contributed by atoms with Crippen LogP contribution in [0.3, 0.4) is 0 Å². The van der Waals surface area contributed by atoms with Crippen LogP contribution in [0, 0.1) is 34.5 Å². The Hall–Kier alpha value is 0.177. The van der Waals surface area contributed by atoms with Crippen molar-refractivity contribution in [2.75, 3.05) is 0 Å². The van der Waals surface area contributed by atoms with Crippen LogP contribution in [0.4, 0.5) is 0 Å². The van der Waals surface area contributed by atoms with Crippen LogP contribution in [0.15, 0.2) is 0 Å². The van der Waals surface area contributed by atoms with Crippen LogP contribution in [-0.4, -0.2) is 14.4 Å². The maximum atomic E-state index is 6.53. The van der Waals surface area contributed by atoms with E-state index in [1.54, 1.807) is 6.42 Å². The molecule has 4 saturated carbocycles. The molecule has 0 spiro atoms. The van der Waals surface area contributed by atoms with Gasteiger partial charge in [0, 0.05) is 6.10 Å². The SMILES string of the molecule is C[C@@]12CCC[C@H]1[C@@H]1CC[C@@H]3C[C@H](O[Si](C)(C)C)CC[C@]3(C)[C@H]1CC2. The van der Waals surface area contributed by atoms with E-state index in [1.807, 2.05) is 0 Å². The fourth-order valence-corrected chi connectivity index (χ4v) is 9.03. The summed E-state index contributed by atoms with van der Waals surface area (Å²) in [5.41, 5.74) is 1.34. The molecule has 4 fully saturated rings. The fraction of sp³-hybridized carbons (Fsp3) is 1.00. The first-order chi connectivity index (χ1) is 11.2. The van der Waals surface area contributed by atoms with Crippen molar-refractivity contribution in [2.45, 2.75) is 104 Å². The zero-order valence-electron chi connectivity index (χ0n) is 16.9. The molecule has 138 valence electrons. The highest BCUT2D eigenvalue weighted by Gasteiger charge is 2.57. The lowest BCUT2D eigenvalue weighted by Gasteiger charge is -2.60. The number of hydrogen-bond donors (Lipinski definition) is 0. The molecule has 1 nitrogen and oxygen atoms in total. The molecule has 0 aromatic heterocycles. The Balaban J connectivity index is 1.50. The van der Waals surface area contributed by atoms with Crippen molar-refractivity contribution in [3.05, 3.63) is 0 Å². The van der Waals surface area contributed by atoms with Crippen LogP contribution >= 0.6 is 0 Å². The molecule has 2 heteroatoms. The summed E-state index contributed by atoms with van der Waals surface area (Å²) in [7, 11) is -1.39. The highest BCUT2D eigenvalue weighted by atomic mass is 28.4.